The second-order valence-corrected chi connectivity index (χ2v) is 14.4. The van der Waals surface area contributed by atoms with Gasteiger partial charge in [-0.1, -0.05) is 129 Å². The lowest BCUT2D eigenvalue weighted by atomic mass is 9.62. The lowest BCUT2D eigenvalue weighted by Crippen LogP contribution is -2.33. The van der Waals surface area contributed by atoms with E-state index in [1.54, 1.807) is 0 Å². The third kappa shape index (κ3) is 4.35. The Morgan fingerprint density at radius 1 is 0.681 bits per heavy atom. The molecular formula is C45H37NS. The highest BCUT2D eigenvalue weighted by molar-refractivity contribution is 7.25. The molecule has 47 heavy (non-hydrogen) atoms. The highest BCUT2D eigenvalue weighted by atomic mass is 32.1. The van der Waals surface area contributed by atoms with Gasteiger partial charge in [0.05, 0.1) is 5.69 Å². The second kappa shape index (κ2) is 11.1. The van der Waals surface area contributed by atoms with Crippen molar-refractivity contribution in [2.45, 2.75) is 38.0 Å². The molecule has 0 amide bonds. The van der Waals surface area contributed by atoms with Crippen LogP contribution in [0.15, 0.2) is 152 Å². The zero-order chi connectivity index (χ0) is 31.5. The summed E-state index contributed by atoms with van der Waals surface area (Å²) in [6.45, 7) is 7.15. The molecule has 0 radical (unpaired) electrons. The molecule has 0 bridgehead atoms. The van der Waals surface area contributed by atoms with Gasteiger partial charge in [-0.15, -0.1) is 11.3 Å². The molecule has 0 aliphatic heterocycles. The van der Waals surface area contributed by atoms with Crippen molar-refractivity contribution in [3.8, 4) is 22.3 Å². The van der Waals surface area contributed by atoms with Gasteiger partial charge in [0.15, 0.2) is 0 Å². The Morgan fingerprint density at radius 3 is 2.21 bits per heavy atom. The van der Waals surface area contributed by atoms with E-state index in [-0.39, 0.29) is 5.41 Å². The second-order valence-electron chi connectivity index (χ2n) is 13.3. The molecule has 1 saturated carbocycles. The van der Waals surface area contributed by atoms with Crippen LogP contribution in [0.5, 0.6) is 0 Å². The molecule has 0 saturated heterocycles. The van der Waals surface area contributed by atoms with Gasteiger partial charge in [0.25, 0.3) is 0 Å². The number of anilines is 3. The first-order valence-electron chi connectivity index (χ1n) is 16.9. The lowest BCUT2D eigenvalue weighted by Gasteiger charge is -2.41. The van der Waals surface area contributed by atoms with Crippen molar-refractivity contribution in [1.29, 1.82) is 0 Å². The van der Waals surface area contributed by atoms with Crippen molar-refractivity contribution < 1.29 is 0 Å². The average molecular weight is 624 g/mol. The number of fused-ring (bicyclic) bond motifs is 8. The number of thiophene rings is 1. The topological polar surface area (TPSA) is 3.24 Å². The van der Waals surface area contributed by atoms with Gasteiger partial charge in [-0.2, -0.15) is 0 Å². The summed E-state index contributed by atoms with van der Waals surface area (Å²) in [6, 6.07) is 51.7. The van der Waals surface area contributed by atoms with E-state index in [9.17, 15) is 0 Å². The van der Waals surface area contributed by atoms with Crippen LogP contribution >= 0.6 is 11.3 Å². The maximum Gasteiger partial charge on any atom is 0.0543 e. The Hall–Kier alpha value is -4.92. The van der Waals surface area contributed by atoms with Gasteiger partial charge in [0, 0.05) is 42.5 Å². The quantitative estimate of drug-likeness (QED) is 0.172. The van der Waals surface area contributed by atoms with Crippen LogP contribution in [0.4, 0.5) is 17.1 Å². The van der Waals surface area contributed by atoms with E-state index in [1.807, 2.05) is 11.3 Å². The molecule has 2 heteroatoms. The monoisotopic (exact) mass is 623 g/mol. The van der Waals surface area contributed by atoms with Gasteiger partial charge >= 0.3 is 0 Å². The fourth-order valence-electron chi connectivity index (χ4n) is 8.52. The van der Waals surface area contributed by atoms with Crippen molar-refractivity contribution in [1.82, 2.24) is 0 Å². The molecule has 1 nitrogen and oxygen atoms in total. The summed E-state index contributed by atoms with van der Waals surface area (Å²) in [6.07, 6.45) is 4.68. The van der Waals surface area contributed by atoms with Crippen molar-refractivity contribution in [2.75, 3.05) is 4.90 Å². The molecule has 7 aromatic rings. The molecule has 1 heterocycles. The maximum atomic E-state index is 4.82. The van der Waals surface area contributed by atoms with E-state index in [2.05, 4.69) is 151 Å². The lowest BCUT2D eigenvalue weighted by molar-refractivity contribution is 0.338. The minimum Gasteiger partial charge on any atom is -0.310 e. The third-order valence-electron chi connectivity index (χ3n) is 10.9. The smallest absolute Gasteiger partial charge is 0.0543 e. The van der Waals surface area contributed by atoms with Crippen molar-refractivity contribution in [3.05, 3.63) is 163 Å². The van der Waals surface area contributed by atoms with E-state index in [0.717, 1.165) is 24.4 Å². The number of hydrogen-bond acceptors (Lipinski definition) is 2. The summed E-state index contributed by atoms with van der Waals surface area (Å²) in [7, 11) is 0. The van der Waals surface area contributed by atoms with Crippen LogP contribution in [0, 0.1) is 5.92 Å². The molecule has 1 aromatic heterocycles. The molecule has 228 valence electrons. The number of hydrogen-bond donors (Lipinski definition) is 0. The van der Waals surface area contributed by atoms with E-state index < -0.39 is 0 Å². The number of benzene rings is 6. The summed E-state index contributed by atoms with van der Waals surface area (Å²) >= 11 is 1.88. The highest BCUT2D eigenvalue weighted by Gasteiger charge is 2.48. The zero-order valence-corrected chi connectivity index (χ0v) is 27.6. The van der Waals surface area contributed by atoms with Crippen LogP contribution in [0.2, 0.25) is 0 Å². The van der Waals surface area contributed by atoms with Gasteiger partial charge in [-0.3, -0.25) is 0 Å². The normalized spacial score (nSPS) is 18.5. The minimum atomic E-state index is -0.133. The van der Waals surface area contributed by atoms with Gasteiger partial charge in [-0.05, 0) is 89.4 Å². The Morgan fingerprint density at radius 2 is 1.38 bits per heavy atom. The van der Waals surface area contributed by atoms with Crippen molar-refractivity contribution in [3.63, 3.8) is 0 Å². The summed E-state index contributed by atoms with van der Waals surface area (Å²) in [5.74, 6) is 0.722. The molecule has 6 aromatic carbocycles. The SMILES string of the molecule is C=C1CC(CC)CCC12c1ccccc1-c1c(N(c3ccc(-c4ccccc4)cc3)c3ccc4c(c3)sc3ccccc34)cccc12. The largest absolute Gasteiger partial charge is 0.310 e. The first-order chi connectivity index (χ1) is 23.2. The molecule has 0 N–H and O–H groups in total. The summed E-state index contributed by atoms with van der Waals surface area (Å²) < 4.78 is 2.64. The van der Waals surface area contributed by atoms with Crippen LogP contribution in [0.25, 0.3) is 42.4 Å². The number of nitrogens with zero attached hydrogens (tertiary/aromatic N) is 1. The Bertz CT molecular complexity index is 2290. The van der Waals surface area contributed by atoms with Crippen LogP contribution in [0.1, 0.15) is 43.7 Å². The minimum absolute atomic E-state index is 0.133. The zero-order valence-electron chi connectivity index (χ0n) is 26.7. The standard InChI is InChI=1S/C45H37NS/c1-3-31-26-27-45(30(2)28-31)39-16-9-7-15-38(39)44-40(45)17-11-18-41(44)46(34-22-20-33(21-23-34)32-12-5-4-6-13-32)35-24-25-37-36-14-8-10-19-42(36)47-43(37)29-35/h4-25,29,31H,2-3,26-28H2,1H3. The number of allylic oxidation sites excluding steroid dienone is 1. The van der Waals surface area contributed by atoms with Crippen LogP contribution in [0.3, 0.4) is 0 Å². The number of rotatable bonds is 5. The van der Waals surface area contributed by atoms with Gasteiger partial charge in [0.2, 0.25) is 0 Å². The molecule has 1 fully saturated rings. The van der Waals surface area contributed by atoms with E-state index in [4.69, 9.17) is 6.58 Å². The van der Waals surface area contributed by atoms with Gasteiger partial charge < -0.3 is 4.90 Å². The highest BCUT2D eigenvalue weighted by Crippen LogP contribution is 2.61. The van der Waals surface area contributed by atoms with E-state index in [1.165, 1.54) is 83.3 Å². The molecule has 2 atom stereocenters. The van der Waals surface area contributed by atoms with E-state index in [0.29, 0.717) is 0 Å². The Labute approximate surface area is 281 Å². The summed E-state index contributed by atoms with van der Waals surface area (Å²) in [5, 5.41) is 2.65. The van der Waals surface area contributed by atoms with Crippen LogP contribution < -0.4 is 4.90 Å². The first kappa shape index (κ1) is 28.3. The molecular weight excluding hydrogens is 587 g/mol. The Kier molecular flexibility index (Phi) is 6.69. The summed E-state index contributed by atoms with van der Waals surface area (Å²) in [5.41, 5.74) is 12.8. The van der Waals surface area contributed by atoms with Crippen LogP contribution in [-0.2, 0) is 5.41 Å². The maximum absolute atomic E-state index is 4.82. The van der Waals surface area contributed by atoms with Crippen LogP contribution in [-0.4, -0.2) is 0 Å². The fraction of sp³-hybridized carbons (Fsp3) is 0.156. The molecule has 9 rings (SSSR count). The predicted octanol–water partition coefficient (Wildman–Crippen LogP) is 13.2. The average Bonchev–Trinajstić information content (AvgIpc) is 3.64. The third-order valence-corrected chi connectivity index (χ3v) is 12.0. The molecule has 2 unspecified atom stereocenters. The first-order valence-corrected chi connectivity index (χ1v) is 17.8. The fourth-order valence-corrected chi connectivity index (χ4v) is 9.66. The predicted molar refractivity (Wildman–Crippen MR) is 202 cm³/mol. The molecule has 1 spiro atoms. The van der Waals surface area contributed by atoms with E-state index >= 15 is 0 Å². The Balaban J connectivity index is 1.27. The molecule has 2 aliphatic carbocycles. The van der Waals surface area contributed by atoms with Gasteiger partial charge in [0.1, 0.15) is 0 Å². The molecule has 2 aliphatic rings. The van der Waals surface area contributed by atoms with Crippen molar-refractivity contribution in [2.24, 2.45) is 5.92 Å². The van der Waals surface area contributed by atoms with Crippen molar-refractivity contribution >= 4 is 48.6 Å². The summed E-state index contributed by atoms with van der Waals surface area (Å²) in [4.78, 5) is 2.49. The van der Waals surface area contributed by atoms with Gasteiger partial charge in [-0.25, -0.2) is 0 Å².